The molecular formula is C14H21NO3S2. The lowest BCUT2D eigenvalue weighted by Gasteiger charge is -2.22. The Hall–Kier alpha value is -0.560. The van der Waals surface area contributed by atoms with E-state index in [-0.39, 0.29) is 17.5 Å². The second-order valence-corrected chi connectivity index (χ2v) is 7.89. The predicted molar refractivity (Wildman–Crippen MR) is 82.4 cm³/mol. The first-order chi connectivity index (χ1) is 9.56. The molecular weight excluding hydrogens is 294 g/mol. The SMILES string of the molecule is CCc1ccc(S(=O)(=O)NC2CCSCC2)cc1CO. The fourth-order valence-corrected chi connectivity index (χ4v) is 4.83. The van der Waals surface area contributed by atoms with Gasteiger partial charge in [-0.2, -0.15) is 11.8 Å². The van der Waals surface area contributed by atoms with E-state index in [1.54, 1.807) is 18.2 Å². The molecule has 0 aliphatic carbocycles. The van der Waals surface area contributed by atoms with Gasteiger partial charge >= 0.3 is 0 Å². The van der Waals surface area contributed by atoms with Crippen molar-refractivity contribution >= 4 is 21.8 Å². The van der Waals surface area contributed by atoms with Gasteiger partial charge in [-0.3, -0.25) is 0 Å². The maximum atomic E-state index is 12.4. The Labute approximate surface area is 125 Å². The largest absolute Gasteiger partial charge is 0.392 e. The van der Waals surface area contributed by atoms with Crippen LogP contribution < -0.4 is 4.72 Å². The van der Waals surface area contributed by atoms with Crippen LogP contribution in [0.15, 0.2) is 23.1 Å². The number of aliphatic hydroxyl groups excluding tert-OH is 1. The van der Waals surface area contributed by atoms with Crippen LogP contribution in [0.5, 0.6) is 0 Å². The van der Waals surface area contributed by atoms with E-state index in [9.17, 15) is 13.5 Å². The van der Waals surface area contributed by atoms with Crippen molar-refractivity contribution in [3.05, 3.63) is 29.3 Å². The normalized spacial score (nSPS) is 17.3. The molecule has 1 aliphatic rings. The Morgan fingerprint density at radius 3 is 2.60 bits per heavy atom. The van der Waals surface area contributed by atoms with Gasteiger partial charge in [0.1, 0.15) is 0 Å². The highest BCUT2D eigenvalue weighted by Gasteiger charge is 2.22. The zero-order chi connectivity index (χ0) is 14.6. The summed E-state index contributed by atoms with van der Waals surface area (Å²) in [5.74, 6) is 2.01. The summed E-state index contributed by atoms with van der Waals surface area (Å²) in [5.41, 5.74) is 1.68. The van der Waals surface area contributed by atoms with Crippen molar-refractivity contribution in [3.8, 4) is 0 Å². The van der Waals surface area contributed by atoms with E-state index < -0.39 is 10.0 Å². The first kappa shape index (κ1) is 15.8. The second kappa shape index (κ2) is 6.93. The van der Waals surface area contributed by atoms with Gasteiger partial charge < -0.3 is 5.11 Å². The summed E-state index contributed by atoms with van der Waals surface area (Å²) in [7, 11) is -3.49. The van der Waals surface area contributed by atoms with Crippen LogP contribution >= 0.6 is 11.8 Å². The minimum absolute atomic E-state index is 0.0321. The van der Waals surface area contributed by atoms with Crippen molar-refractivity contribution in [1.29, 1.82) is 0 Å². The van der Waals surface area contributed by atoms with Crippen molar-refractivity contribution in [2.24, 2.45) is 0 Å². The average molecular weight is 315 g/mol. The van der Waals surface area contributed by atoms with Gasteiger partial charge in [0.15, 0.2) is 0 Å². The van der Waals surface area contributed by atoms with Gasteiger partial charge in [0.2, 0.25) is 10.0 Å². The zero-order valence-corrected chi connectivity index (χ0v) is 13.3. The van der Waals surface area contributed by atoms with E-state index >= 15 is 0 Å². The fourth-order valence-electron chi connectivity index (χ4n) is 2.36. The third kappa shape index (κ3) is 3.75. The summed E-state index contributed by atoms with van der Waals surface area (Å²) in [6.45, 7) is 1.85. The highest BCUT2D eigenvalue weighted by Crippen LogP contribution is 2.21. The van der Waals surface area contributed by atoms with E-state index in [0.29, 0.717) is 5.56 Å². The van der Waals surface area contributed by atoms with E-state index in [4.69, 9.17) is 0 Å². The Morgan fingerprint density at radius 2 is 2.00 bits per heavy atom. The molecule has 6 heteroatoms. The standard InChI is InChI=1S/C14H21NO3S2/c1-2-11-3-4-14(9-12(11)10-16)20(17,18)15-13-5-7-19-8-6-13/h3-4,9,13,15-16H,2,5-8,10H2,1H3. The molecule has 1 aliphatic heterocycles. The van der Waals surface area contributed by atoms with E-state index in [2.05, 4.69) is 4.72 Å². The van der Waals surface area contributed by atoms with Crippen LogP contribution in [-0.2, 0) is 23.1 Å². The number of aryl methyl sites for hydroxylation is 1. The molecule has 0 radical (unpaired) electrons. The first-order valence-electron chi connectivity index (χ1n) is 6.89. The van der Waals surface area contributed by atoms with Crippen LogP contribution in [-0.4, -0.2) is 31.1 Å². The molecule has 1 saturated heterocycles. The molecule has 0 atom stereocenters. The number of thioether (sulfide) groups is 1. The second-order valence-electron chi connectivity index (χ2n) is 4.95. The number of hydrogen-bond acceptors (Lipinski definition) is 4. The number of nitrogens with one attached hydrogen (secondary N) is 1. The molecule has 112 valence electrons. The topological polar surface area (TPSA) is 66.4 Å². The smallest absolute Gasteiger partial charge is 0.240 e. The third-order valence-electron chi connectivity index (χ3n) is 3.58. The van der Waals surface area contributed by atoms with Crippen molar-refractivity contribution in [3.63, 3.8) is 0 Å². The molecule has 4 nitrogen and oxygen atoms in total. The molecule has 0 spiro atoms. The molecule has 0 unspecified atom stereocenters. The number of rotatable bonds is 5. The quantitative estimate of drug-likeness (QED) is 0.871. The summed E-state index contributed by atoms with van der Waals surface area (Å²) in [5, 5.41) is 9.34. The average Bonchev–Trinajstić information content (AvgIpc) is 2.47. The van der Waals surface area contributed by atoms with Crippen LogP contribution in [0.4, 0.5) is 0 Å². The van der Waals surface area contributed by atoms with Crippen LogP contribution in [0.1, 0.15) is 30.9 Å². The number of hydrogen-bond donors (Lipinski definition) is 2. The lowest BCUT2D eigenvalue weighted by molar-refractivity contribution is 0.280. The predicted octanol–water partition coefficient (Wildman–Crippen LogP) is 1.92. The highest BCUT2D eigenvalue weighted by molar-refractivity contribution is 7.99. The van der Waals surface area contributed by atoms with Crippen LogP contribution in [0.25, 0.3) is 0 Å². The van der Waals surface area contributed by atoms with E-state index in [0.717, 1.165) is 36.3 Å². The van der Waals surface area contributed by atoms with Gasteiger partial charge in [-0.25, -0.2) is 13.1 Å². The van der Waals surface area contributed by atoms with Gasteiger partial charge in [0.05, 0.1) is 11.5 Å². The molecule has 0 bridgehead atoms. The van der Waals surface area contributed by atoms with Crippen LogP contribution in [0, 0.1) is 0 Å². The maximum absolute atomic E-state index is 12.4. The Morgan fingerprint density at radius 1 is 1.30 bits per heavy atom. The monoisotopic (exact) mass is 315 g/mol. The minimum Gasteiger partial charge on any atom is -0.392 e. The first-order valence-corrected chi connectivity index (χ1v) is 9.53. The lowest BCUT2D eigenvalue weighted by Crippen LogP contribution is -2.37. The summed E-state index contributed by atoms with van der Waals surface area (Å²) in [4.78, 5) is 0.247. The van der Waals surface area contributed by atoms with Crippen molar-refractivity contribution < 1.29 is 13.5 Å². The molecule has 0 amide bonds. The Kier molecular flexibility index (Phi) is 5.49. The molecule has 1 fully saturated rings. The Balaban J connectivity index is 2.20. The summed E-state index contributed by atoms with van der Waals surface area (Å²) in [6, 6.07) is 5.03. The molecule has 20 heavy (non-hydrogen) atoms. The molecule has 0 aromatic heterocycles. The number of benzene rings is 1. The molecule has 1 aromatic rings. The molecule has 1 aromatic carbocycles. The lowest BCUT2D eigenvalue weighted by atomic mass is 10.1. The number of aliphatic hydroxyl groups is 1. The summed E-state index contributed by atoms with van der Waals surface area (Å²) < 4.78 is 27.5. The molecule has 1 heterocycles. The number of sulfonamides is 1. The Bertz CT molecular complexity index is 552. The molecule has 2 N–H and O–H groups in total. The van der Waals surface area contributed by atoms with Crippen LogP contribution in [0.2, 0.25) is 0 Å². The van der Waals surface area contributed by atoms with E-state index in [1.807, 2.05) is 18.7 Å². The van der Waals surface area contributed by atoms with Crippen molar-refractivity contribution in [1.82, 2.24) is 4.72 Å². The van der Waals surface area contributed by atoms with Crippen molar-refractivity contribution in [2.45, 2.75) is 43.7 Å². The third-order valence-corrected chi connectivity index (χ3v) is 6.15. The van der Waals surface area contributed by atoms with Gasteiger partial charge in [0.25, 0.3) is 0 Å². The fraction of sp³-hybridized carbons (Fsp3) is 0.571. The molecule has 2 rings (SSSR count). The summed E-state index contributed by atoms with van der Waals surface area (Å²) in [6.07, 6.45) is 2.54. The minimum atomic E-state index is -3.49. The van der Waals surface area contributed by atoms with Gasteiger partial charge in [0, 0.05) is 6.04 Å². The highest BCUT2D eigenvalue weighted by atomic mass is 32.2. The molecule has 0 saturated carbocycles. The van der Waals surface area contributed by atoms with Gasteiger partial charge in [-0.1, -0.05) is 13.0 Å². The van der Waals surface area contributed by atoms with Crippen molar-refractivity contribution in [2.75, 3.05) is 11.5 Å². The summed E-state index contributed by atoms with van der Waals surface area (Å²) >= 11 is 1.86. The van der Waals surface area contributed by atoms with E-state index in [1.165, 1.54) is 0 Å². The zero-order valence-electron chi connectivity index (χ0n) is 11.6. The maximum Gasteiger partial charge on any atom is 0.240 e. The van der Waals surface area contributed by atoms with Gasteiger partial charge in [-0.05, 0) is 54.0 Å². The van der Waals surface area contributed by atoms with Crippen LogP contribution in [0.3, 0.4) is 0 Å². The van der Waals surface area contributed by atoms with Gasteiger partial charge in [-0.15, -0.1) is 0 Å².